The minimum Gasteiger partial charge on any atom is -0.312 e. The first-order valence-corrected chi connectivity index (χ1v) is 8.77. The summed E-state index contributed by atoms with van der Waals surface area (Å²) in [5, 5.41) is 0.634. The third-order valence-corrected chi connectivity index (χ3v) is 4.80. The van der Waals surface area contributed by atoms with Gasteiger partial charge in [-0.1, -0.05) is 29.8 Å². The van der Waals surface area contributed by atoms with Crippen LogP contribution in [0.25, 0.3) is 0 Å². The van der Waals surface area contributed by atoms with Gasteiger partial charge in [-0.15, -0.1) is 0 Å². The zero-order valence-corrected chi connectivity index (χ0v) is 15.2. The molecule has 0 N–H and O–H groups in total. The summed E-state index contributed by atoms with van der Waals surface area (Å²) in [6.45, 7) is 4.49. The predicted molar refractivity (Wildman–Crippen MR) is 101 cm³/mol. The van der Waals surface area contributed by atoms with Gasteiger partial charge in [-0.3, -0.25) is 9.59 Å². The van der Waals surface area contributed by atoms with Crippen LogP contribution < -0.4 is 9.80 Å². The Morgan fingerprint density at radius 3 is 2.68 bits per heavy atom. The lowest BCUT2D eigenvalue weighted by Gasteiger charge is -2.24. The minimum atomic E-state index is -0.0833. The molecule has 0 fully saturated rings. The summed E-state index contributed by atoms with van der Waals surface area (Å²) in [5.74, 6) is -0.0390. The zero-order valence-electron chi connectivity index (χ0n) is 14.5. The molecule has 1 aliphatic heterocycles. The predicted octanol–water partition coefficient (Wildman–Crippen LogP) is 3.98. The number of amides is 2. The number of rotatable bonds is 4. The van der Waals surface area contributed by atoms with Crippen molar-refractivity contribution in [3.8, 4) is 0 Å². The molecule has 0 radical (unpaired) electrons. The Hall–Kier alpha value is -2.33. The van der Waals surface area contributed by atoms with Crippen LogP contribution >= 0.6 is 11.6 Å². The molecular formula is C20H21ClN2O2. The summed E-state index contributed by atoms with van der Waals surface area (Å²) < 4.78 is 0. The SMILES string of the molecule is CC(=O)N(CCC(=O)N1CCc2ccccc21)c1ccc(Cl)cc1C. The Labute approximate surface area is 153 Å². The highest BCUT2D eigenvalue weighted by Crippen LogP contribution is 2.28. The van der Waals surface area contributed by atoms with Gasteiger partial charge >= 0.3 is 0 Å². The average molecular weight is 357 g/mol. The highest BCUT2D eigenvalue weighted by Gasteiger charge is 2.25. The van der Waals surface area contributed by atoms with Gasteiger partial charge in [0.2, 0.25) is 11.8 Å². The van der Waals surface area contributed by atoms with Crippen molar-refractivity contribution in [1.82, 2.24) is 0 Å². The molecule has 2 amide bonds. The average Bonchev–Trinajstić information content (AvgIpc) is 3.00. The van der Waals surface area contributed by atoms with Crippen molar-refractivity contribution in [3.05, 3.63) is 58.6 Å². The molecule has 2 aromatic rings. The Morgan fingerprint density at radius 2 is 1.96 bits per heavy atom. The van der Waals surface area contributed by atoms with Crippen LogP contribution in [0.15, 0.2) is 42.5 Å². The maximum Gasteiger partial charge on any atom is 0.228 e. The van der Waals surface area contributed by atoms with E-state index in [0.717, 1.165) is 23.4 Å². The van der Waals surface area contributed by atoms with E-state index in [4.69, 9.17) is 11.6 Å². The van der Waals surface area contributed by atoms with Crippen LogP contribution in [0.2, 0.25) is 5.02 Å². The smallest absolute Gasteiger partial charge is 0.228 e. The van der Waals surface area contributed by atoms with Crippen LogP contribution in [-0.4, -0.2) is 24.9 Å². The van der Waals surface area contributed by atoms with E-state index in [0.29, 0.717) is 18.1 Å². The van der Waals surface area contributed by atoms with Crippen molar-refractivity contribution >= 4 is 34.8 Å². The first-order chi connectivity index (χ1) is 12.0. The zero-order chi connectivity index (χ0) is 18.0. The molecule has 5 heteroatoms. The molecule has 0 bridgehead atoms. The number of fused-ring (bicyclic) bond motifs is 1. The summed E-state index contributed by atoms with van der Waals surface area (Å²) in [6, 6.07) is 13.4. The second-order valence-corrected chi connectivity index (χ2v) is 6.71. The van der Waals surface area contributed by atoms with Gasteiger partial charge in [0.1, 0.15) is 0 Å². The number of anilines is 2. The van der Waals surface area contributed by atoms with E-state index in [-0.39, 0.29) is 18.2 Å². The molecule has 0 aliphatic carbocycles. The molecular weight excluding hydrogens is 336 g/mol. The molecule has 0 spiro atoms. The molecule has 25 heavy (non-hydrogen) atoms. The van der Waals surface area contributed by atoms with Crippen molar-refractivity contribution in [2.45, 2.75) is 26.7 Å². The third kappa shape index (κ3) is 3.69. The van der Waals surface area contributed by atoms with Crippen molar-refractivity contribution in [2.75, 3.05) is 22.9 Å². The monoisotopic (exact) mass is 356 g/mol. The maximum atomic E-state index is 12.7. The topological polar surface area (TPSA) is 40.6 Å². The van der Waals surface area contributed by atoms with Crippen LogP contribution in [0.3, 0.4) is 0 Å². The van der Waals surface area contributed by atoms with Gasteiger partial charge in [-0.25, -0.2) is 0 Å². The number of hydrogen-bond acceptors (Lipinski definition) is 2. The van der Waals surface area contributed by atoms with Crippen molar-refractivity contribution in [1.29, 1.82) is 0 Å². The first kappa shape index (κ1) is 17.5. The number of aryl methyl sites for hydroxylation is 1. The summed E-state index contributed by atoms with van der Waals surface area (Å²) in [5.41, 5.74) is 3.91. The normalized spacial score (nSPS) is 12.8. The van der Waals surface area contributed by atoms with Gasteiger partial charge in [0, 0.05) is 42.8 Å². The molecule has 130 valence electrons. The molecule has 0 atom stereocenters. The van der Waals surface area contributed by atoms with Crippen LogP contribution in [0.1, 0.15) is 24.5 Å². The standard InChI is InChI=1S/C20H21ClN2O2/c1-14-13-17(21)7-8-18(14)22(15(2)24)12-10-20(25)23-11-9-16-5-3-4-6-19(16)23/h3-8,13H,9-12H2,1-2H3. The van der Waals surface area contributed by atoms with Gasteiger partial charge in [0.05, 0.1) is 0 Å². The minimum absolute atomic E-state index is 0.0443. The van der Waals surface area contributed by atoms with E-state index in [1.54, 1.807) is 11.0 Å². The van der Waals surface area contributed by atoms with Gasteiger partial charge in [0.25, 0.3) is 0 Å². The summed E-state index contributed by atoms with van der Waals surface area (Å²) in [7, 11) is 0. The van der Waals surface area contributed by atoms with Crippen LogP contribution in [0.5, 0.6) is 0 Å². The summed E-state index contributed by atoms with van der Waals surface area (Å²) >= 11 is 6.00. The Balaban J connectivity index is 1.72. The maximum absolute atomic E-state index is 12.7. The molecule has 4 nitrogen and oxygen atoms in total. The lowest BCUT2D eigenvalue weighted by atomic mass is 10.1. The van der Waals surface area contributed by atoms with Crippen LogP contribution in [0.4, 0.5) is 11.4 Å². The molecule has 1 heterocycles. The highest BCUT2D eigenvalue weighted by atomic mass is 35.5. The van der Waals surface area contributed by atoms with E-state index in [1.807, 2.05) is 42.2 Å². The van der Waals surface area contributed by atoms with Crippen LogP contribution in [0, 0.1) is 6.92 Å². The van der Waals surface area contributed by atoms with Crippen molar-refractivity contribution in [3.63, 3.8) is 0 Å². The van der Waals surface area contributed by atoms with Crippen LogP contribution in [-0.2, 0) is 16.0 Å². The van der Waals surface area contributed by atoms with Crippen molar-refractivity contribution < 1.29 is 9.59 Å². The van der Waals surface area contributed by atoms with Gasteiger partial charge < -0.3 is 9.80 Å². The van der Waals surface area contributed by atoms with E-state index < -0.39 is 0 Å². The molecule has 1 aliphatic rings. The first-order valence-electron chi connectivity index (χ1n) is 8.40. The molecule has 0 unspecified atom stereocenters. The van der Waals surface area contributed by atoms with Crippen molar-refractivity contribution in [2.24, 2.45) is 0 Å². The second-order valence-electron chi connectivity index (χ2n) is 6.28. The Kier molecular flexibility index (Phi) is 5.09. The fraction of sp³-hybridized carbons (Fsp3) is 0.300. The number of carbonyl (C=O) groups is 2. The number of nitrogens with zero attached hydrogens (tertiary/aromatic N) is 2. The van der Waals surface area contributed by atoms with Gasteiger partial charge in [-0.2, -0.15) is 0 Å². The van der Waals surface area contributed by atoms with Gasteiger partial charge in [0.15, 0.2) is 0 Å². The molecule has 2 aromatic carbocycles. The fourth-order valence-electron chi connectivity index (χ4n) is 3.31. The summed E-state index contributed by atoms with van der Waals surface area (Å²) in [4.78, 5) is 28.2. The molecule has 3 rings (SSSR count). The number of benzene rings is 2. The number of para-hydroxylation sites is 1. The molecule has 0 saturated carbocycles. The number of halogens is 1. The second kappa shape index (κ2) is 7.28. The van der Waals surface area contributed by atoms with E-state index >= 15 is 0 Å². The molecule has 0 saturated heterocycles. The fourth-order valence-corrected chi connectivity index (χ4v) is 3.54. The van der Waals surface area contributed by atoms with Gasteiger partial charge in [-0.05, 0) is 48.7 Å². The molecule has 0 aromatic heterocycles. The lowest BCUT2D eigenvalue weighted by molar-refractivity contribution is -0.118. The van der Waals surface area contributed by atoms with E-state index in [2.05, 4.69) is 6.07 Å². The third-order valence-electron chi connectivity index (χ3n) is 4.57. The van der Waals surface area contributed by atoms with E-state index in [9.17, 15) is 9.59 Å². The largest absolute Gasteiger partial charge is 0.312 e. The highest BCUT2D eigenvalue weighted by molar-refractivity contribution is 6.30. The quantitative estimate of drug-likeness (QED) is 0.831. The lowest BCUT2D eigenvalue weighted by Crippen LogP contribution is -2.36. The van der Waals surface area contributed by atoms with E-state index in [1.165, 1.54) is 12.5 Å². The Bertz CT molecular complexity index is 819. The Morgan fingerprint density at radius 1 is 1.20 bits per heavy atom. The number of carbonyl (C=O) groups excluding carboxylic acids is 2. The number of hydrogen-bond donors (Lipinski definition) is 0. The summed E-state index contributed by atoms with van der Waals surface area (Å²) in [6.07, 6.45) is 1.17.